The van der Waals surface area contributed by atoms with Crippen LogP contribution in [0.1, 0.15) is 12.8 Å². The van der Waals surface area contributed by atoms with Crippen LogP contribution in [0.15, 0.2) is 24.3 Å². The summed E-state index contributed by atoms with van der Waals surface area (Å²) in [5.41, 5.74) is 2.17. The number of carbonyl (C=O) groups excluding carboxylic acids is 2. The molecule has 0 saturated carbocycles. The molecule has 136 valence electrons. The molecule has 0 aliphatic carbocycles. The van der Waals surface area contributed by atoms with Gasteiger partial charge >= 0.3 is 0 Å². The van der Waals surface area contributed by atoms with Crippen LogP contribution in [0.2, 0.25) is 0 Å². The Hall–Kier alpha value is -2.57. The highest BCUT2D eigenvalue weighted by Gasteiger charge is 2.44. The van der Waals surface area contributed by atoms with Gasteiger partial charge in [-0.2, -0.15) is 0 Å². The summed E-state index contributed by atoms with van der Waals surface area (Å²) in [6.45, 7) is 3.44. The first-order valence-electron chi connectivity index (χ1n) is 9.34. The fraction of sp³-hybridized carbons (Fsp3) is 0.526. The van der Waals surface area contributed by atoms with Gasteiger partial charge < -0.3 is 19.7 Å². The summed E-state index contributed by atoms with van der Waals surface area (Å²) in [6.07, 6.45) is 1.10. The van der Waals surface area contributed by atoms with Gasteiger partial charge in [0.2, 0.25) is 17.8 Å². The number of imidazole rings is 1. The molecule has 0 spiro atoms. The maximum atomic E-state index is 12.6. The van der Waals surface area contributed by atoms with E-state index in [9.17, 15) is 9.59 Å². The van der Waals surface area contributed by atoms with Gasteiger partial charge in [0.1, 0.15) is 6.04 Å². The second kappa shape index (κ2) is 5.72. The van der Waals surface area contributed by atoms with Crippen LogP contribution in [-0.2, 0) is 16.6 Å². The van der Waals surface area contributed by atoms with Crippen molar-refractivity contribution in [2.75, 3.05) is 31.1 Å². The van der Waals surface area contributed by atoms with E-state index in [1.54, 1.807) is 0 Å². The number of likely N-dealkylation sites (tertiary alicyclic amines) is 1. The number of aromatic nitrogens is 2. The van der Waals surface area contributed by atoms with E-state index in [1.165, 1.54) is 0 Å². The molecule has 3 unspecified atom stereocenters. The summed E-state index contributed by atoms with van der Waals surface area (Å²) in [5, 5.41) is 2.80. The fourth-order valence-electron chi connectivity index (χ4n) is 4.77. The average Bonchev–Trinajstić information content (AvgIpc) is 3.37. The lowest BCUT2D eigenvalue weighted by Crippen LogP contribution is -2.44. The van der Waals surface area contributed by atoms with Crippen molar-refractivity contribution in [1.29, 1.82) is 0 Å². The molecule has 1 aromatic carbocycles. The standard InChI is InChI=1S/C19H23N5O2/c1-22-16-5-3-2-4-14(16)21-19(22)24-10-12-8-23(9-13(12)11-24)18(26)15-6-7-17(25)20-15/h2-5,12-13,15H,6-11H2,1H3,(H,20,25). The molecule has 2 aromatic rings. The summed E-state index contributed by atoms with van der Waals surface area (Å²) in [7, 11) is 2.07. The Morgan fingerprint density at radius 2 is 1.88 bits per heavy atom. The first kappa shape index (κ1) is 15.7. The number of para-hydroxylation sites is 2. The van der Waals surface area contributed by atoms with E-state index in [0.29, 0.717) is 24.7 Å². The molecule has 3 saturated heterocycles. The van der Waals surface area contributed by atoms with Gasteiger partial charge in [0, 0.05) is 51.5 Å². The smallest absolute Gasteiger partial charge is 0.245 e. The zero-order valence-electron chi connectivity index (χ0n) is 14.9. The molecule has 7 nitrogen and oxygen atoms in total. The highest BCUT2D eigenvalue weighted by Crippen LogP contribution is 2.35. The van der Waals surface area contributed by atoms with Crippen molar-refractivity contribution in [2.45, 2.75) is 18.9 Å². The number of rotatable bonds is 2. The Bertz CT molecular complexity index is 877. The number of amides is 2. The predicted molar refractivity (Wildman–Crippen MR) is 97.7 cm³/mol. The number of nitrogens with one attached hydrogen (secondary N) is 1. The average molecular weight is 353 g/mol. The van der Waals surface area contributed by atoms with E-state index >= 15 is 0 Å². The van der Waals surface area contributed by atoms with Crippen LogP contribution in [0, 0.1) is 11.8 Å². The zero-order valence-corrected chi connectivity index (χ0v) is 14.9. The number of fused-ring (bicyclic) bond motifs is 2. The summed E-state index contributed by atoms with van der Waals surface area (Å²) in [5.74, 6) is 2.07. The molecular weight excluding hydrogens is 330 g/mol. The molecule has 0 bridgehead atoms. The number of hydrogen-bond donors (Lipinski definition) is 1. The number of nitrogens with zero attached hydrogens (tertiary/aromatic N) is 4. The van der Waals surface area contributed by atoms with Crippen molar-refractivity contribution < 1.29 is 9.59 Å². The van der Waals surface area contributed by atoms with E-state index in [2.05, 4.69) is 27.9 Å². The topological polar surface area (TPSA) is 70.5 Å². The third-order valence-corrected chi connectivity index (χ3v) is 6.14. The van der Waals surface area contributed by atoms with Crippen LogP contribution in [0.25, 0.3) is 11.0 Å². The van der Waals surface area contributed by atoms with Crippen LogP contribution < -0.4 is 10.2 Å². The van der Waals surface area contributed by atoms with Crippen molar-refractivity contribution in [3.05, 3.63) is 24.3 Å². The quantitative estimate of drug-likeness (QED) is 0.865. The second-order valence-corrected chi connectivity index (χ2v) is 7.79. The van der Waals surface area contributed by atoms with E-state index in [1.807, 2.05) is 23.1 Å². The third kappa shape index (κ3) is 2.37. The molecule has 2 amide bonds. The molecule has 3 fully saturated rings. The summed E-state index contributed by atoms with van der Waals surface area (Å²) in [4.78, 5) is 33.1. The van der Waals surface area contributed by atoms with Gasteiger partial charge in [-0.1, -0.05) is 12.1 Å². The van der Waals surface area contributed by atoms with Gasteiger partial charge in [-0.05, 0) is 18.6 Å². The van der Waals surface area contributed by atoms with Crippen molar-refractivity contribution in [3.8, 4) is 0 Å². The molecule has 5 rings (SSSR count). The molecule has 1 N–H and O–H groups in total. The molecule has 3 atom stereocenters. The Labute approximate surface area is 152 Å². The molecule has 4 heterocycles. The summed E-state index contributed by atoms with van der Waals surface area (Å²) < 4.78 is 2.16. The molecule has 1 aromatic heterocycles. The molecule has 7 heteroatoms. The Balaban J connectivity index is 1.29. The van der Waals surface area contributed by atoms with Gasteiger partial charge in [0.05, 0.1) is 11.0 Å². The predicted octanol–water partition coefficient (Wildman–Crippen LogP) is 0.746. The molecule has 3 aliphatic heterocycles. The number of aryl methyl sites for hydroxylation is 1. The van der Waals surface area contributed by atoms with Crippen molar-refractivity contribution >= 4 is 28.8 Å². The second-order valence-electron chi connectivity index (χ2n) is 7.79. The van der Waals surface area contributed by atoms with Crippen molar-refractivity contribution in [2.24, 2.45) is 18.9 Å². The maximum absolute atomic E-state index is 12.6. The monoisotopic (exact) mass is 353 g/mol. The van der Waals surface area contributed by atoms with E-state index in [4.69, 9.17) is 4.98 Å². The summed E-state index contributed by atoms with van der Waals surface area (Å²) >= 11 is 0. The lowest BCUT2D eigenvalue weighted by molar-refractivity contribution is -0.133. The Morgan fingerprint density at radius 3 is 2.54 bits per heavy atom. The van der Waals surface area contributed by atoms with Crippen LogP contribution >= 0.6 is 0 Å². The van der Waals surface area contributed by atoms with Crippen LogP contribution in [-0.4, -0.2) is 58.5 Å². The van der Waals surface area contributed by atoms with Gasteiger partial charge in [-0.25, -0.2) is 4.98 Å². The molecule has 0 radical (unpaired) electrons. The van der Waals surface area contributed by atoms with Crippen molar-refractivity contribution in [3.63, 3.8) is 0 Å². The third-order valence-electron chi connectivity index (χ3n) is 6.14. The van der Waals surface area contributed by atoms with Crippen LogP contribution in [0.3, 0.4) is 0 Å². The van der Waals surface area contributed by atoms with Gasteiger partial charge in [-0.3, -0.25) is 9.59 Å². The summed E-state index contributed by atoms with van der Waals surface area (Å²) in [6, 6.07) is 7.89. The van der Waals surface area contributed by atoms with Crippen LogP contribution in [0.4, 0.5) is 5.95 Å². The van der Waals surface area contributed by atoms with E-state index < -0.39 is 0 Å². The van der Waals surface area contributed by atoms with Crippen molar-refractivity contribution in [1.82, 2.24) is 19.8 Å². The number of hydrogen-bond acceptors (Lipinski definition) is 4. The first-order valence-corrected chi connectivity index (χ1v) is 9.34. The minimum Gasteiger partial charge on any atom is -0.344 e. The van der Waals surface area contributed by atoms with E-state index in [0.717, 1.165) is 43.2 Å². The minimum absolute atomic E-state index is 0.00392. The highest BCUT2D eigenvalue weighted by atomic mass is 16.2. The fourth-order valence-corrected chi connectivity index (χ4v) is 4.77. The largest absolute Gasteiger partial charge is 0.344 e. The highest BCUT2D eigenvalue weighted by molar-refractivity contribution is 5.91. The Morgan fingerprint density at radius 1 is 1.15 bits per heavy atom. The lowest BCUT2D eigenvalue weighted by atomic mass is 10.0. The molecular formula is C19H23N5O2. The first-order chi connectivity index (χ1) is 12.6. The normalized spacial score (nSPS) is 28.0. The van der Waals surface area contributed by atoms with Gasteiger partial charge in [0.15, 0.2) is 0 Å². The molecule has 3 aliphatic rings. The van der Waals surface area contributed by atoms with E-state index in [-0.39, 0.29) is 17.9 Å². The number of anilines is 1. The maximum Gasteiger partial charge on any atom is 0.245 e. The zero-order chi connectivity index (χ0) is 17.8. The SMILES string of the molecule is Cn1c(N2CC3CN(C(=O)C4CCC(=O)N4)CC3C2)nc2ccccc21. The lowest BCUT2D eigenvalue weighted by Gasteiger charge is -2.24. The Kier molecular flexibility index (Phi) is 3.45. The van der Waals surface area contributed by atoms with Gasteiger partial charge in [-0.15, -0.1) is 0 Å². The number of carbonyl (C=O) groups is 2. The number of benzene rings is 1. The van der Waals surface area contributed by atoms with Gasteiger partial charge in [0.25, 0.3) is 0 Å². The van der Waals surface area contributed by atoms with Crippen LogP contribution in [0.5, 0.6) is 0 Å². The minimum atomic E-state index is -0.308. The molecule has 26 heavy (non-hydrogen) atoms.